The lowest BCUT2D eigenvalue weighted by Gasteiger charge is -2.22. The monoisotopic (exact) mass is 199 g/mol. The molecular formula is C7H13N5O2. The lowest BCUT2D eigenvalue weighted by molar-refractivity contribution is -0.133. The Bertz CT molecular complexity index is 340. The Kier molecular flexibility index (Phi) is 2.52. The molecule has 0 aliphatic carbocycles. The Morgan fingerprint density at radius 1 is 1.57 bits per heavy atom. The van der Waals surface area contributed by atoms with Crippen molar-refractivity contribution in [1.82, 2.24) is 20.2 Å². The van der Waals surface area contributed by atoms with E-state index in [0.717, 1.165) is 0 Å². The van der Waals surface area contributed by atoms with Gasteiger partial charge in [0.25, 0.3) is 11.9 Å². The number of anilines is 1. The van der Waals surface area contributed by atoms with E-state index < -0.39 is 11.5 Å². The zero-order chi connectivity index (χ0) is 10.9. The van der Waals surface area contributed by atoms with Crippen molar-refractivity contribution in [1.29, 1.82) is 0 Å². The summed E-state index contributed by atoms with van der Waals surface area (Å²) in [6, 6.07) is 0. The van der Waals surface area contributed by atoms with Gasteiger partial charge < -0.3 is 5.11 Å². The molecule has 7 nitrogen and oxygen atoms in total. The lowest BCUT2D eigenvalue weighted by Crippen LogP contribution is -2.44. The molecule has 0 aromatic carbocycles. The average molecular weight is 199 g/mol. The first-order valence-corrected chi connectivity index (χ1v) is 4.07. The molecule has 0 aliphatic rings. The van der Waals surface area contributed by atoms with Crippen LogP contribution in [0.4, 0.5) is 5.95 Å². The number of aliphatic hydroxyl groups is 1. The van der Waals surface area contributed by atoms with Gasteiger partial charge in [-0.05, 0) is 24.3 Å². The highest BCUT2D eigenvalue weighted by Crippen LogP contribution is 2.11. The van der Waals surface area contributed by atoms with Crippen molar-refractivity contribution in [2.75, 3.05) is 11.9 Å². The van der Waals surface area contributed by atoms with E-state index in [9.17, 15) is 9.90 Å². The van der Waals surface area contributed by atoms with Crippen LogP contribution in [-0.4, -0.2) is 43.9 Å². The third kappa shape index (κ3) is 1.87. The number of tetrazole rings is 1. The van der Waals surface area contributed by atoms with Gasteiger partial charge in [0.1, 0.15) is 5.60 Å². The van der Waals surface area contributed by atoms with E-state index in [2.05, 4.69) is 15.5 Å². The van der Waals surface area contributed by atoms with Crippen LogP contribution >= 0.6 is 0 Å². The average Bonchev–Trinajstić information content (AvgIpc) is 2.47. The molecule has 7 heteroatoms. The van der Waals surface area contributed by atoms with E-state index in [1.807, 2.05) is 0 Å². The maximum atomic E-state index is 11.6. The lowest BCUT2D eigenvalue weighted by atomic mass is 10.1. The summed E-state index contributed by atoms with van der Waals surface area (Å²) >= 11 is 0. The molecule has 1 aromatic heterocycles. The summed E-state index contributed by atoms with van der Waals surface area (Å²) in [7, 11) is 3.12. The molecule has 0 radical (unpaired) electrons. The van der Waals surface area contributed by atoms with Gasteiger partial charge in [-0.3, -0.25) is 9.69 Å². The van der Waals surface area contributed by atoms with Crippen LogP contribution in [0.1, 0.15) is 13.8 Å². The van der Waals surface area contributed by atoms with Gasteiger partial charge >= 0.3 is 0 Å². The molecule has 14 heavy (non-hydrogen) atoms. The first kappa shape index (κ1) is 10.6. The molecule has 1 rings (SSSR count). The van der Waals surface area contributed by atoms with Crippen molar-refractivity contribution in [2.45, 2.75) is 19.4 Å². The minimum atomic E-state index is -1.43. The number of rotatable bonds is 2. The fourth-order valence-corrected chi connectivity index (χ4v) is 1.01. The SMILES string of the molecule is CN(C(=O)C(C)(C)O)c1nnnn1C. The summed E-state index contributed by atoms with van der Waals surface area (Å²) in [5.74, 6) is -0.174. The van der Waals surface area contributed by atoms with Crippen molar-refractivity contribution >= 4 is 11.9 Å². The number of hydrogen-bond acceptors (Lipinski definition) is 5. The van der Waals surface area contributed by atoms with Gasteiger partial charge in [-0.25, -0.2) is 4.68 Å². The quantitative estimate of drug-likeness (QED) is 0.656. The topological polar surface area (TPSA) is 84.1 Å². The fraction of sp³-hybridized carbons (Fsp3) is 0.714. The number of likely N-dealkylation sites (N-methyl/N-ethyl adjacent to an activating group) is 1. The number of aromatic nitrogens is 4. The van der Waals surface area contributed by atoms with Gasteiger partial charge in [0.05, 0.1) is 0 Å². The highest BCUT2D eigenvalue weighted by molar-refractivity contribution is 5.96. The zero-order valence-electron chi connectivity index (χ0n) is 8.59. The summed E-state index contributed by atoms with van der Waals surface area (Å²) in [6.07, 6.45) is 0. The van der Waals surface area contributed by atoms with Crippen molar-refractivity contribution in [3.05, 3.63) is 0 Å². The summed E-state index contributed by atoms with van der Waals surface area (Å²) < 4.78 is 1.35. The van der Waals surface area contributed by atoms with Crippen molar-refractivity contribution in [2.24, 2.45) is 7.05 Å². The summed E-state index contributed by atoms with van der Waals surface area (Å²) in [5, 5.41) is 20.1. The number of hydrogen-bond donors (Lipinski definition) is 1. The highest BCUT2D eigenvalue weighted by atomic mass is 16.3. The molecule has 0 saturated heterocycles. The van der Waals surface area contributed by atoms with Crippen LogP contribution in [0.25, 0.3) is 0 Å². The zero-order valence-corrected chi connectivity index (χ0v) is 8.59. The first-order chi connectivity index (χ1) is 6.34. The van der Waals surface area contributed by atoms with Crippen LogP contribution in [0.15, 0.2) is 0 Å². The van der Waals surface area contributed by atoms with E-state index >= 15 is 0 Å². The molecule has 78 valence electrons. The molecule has 0 unspecified atom stereocenters. The highest BCUT2D eigenvalue weighted by Gasteiger charge is 2.30. The van der Waals surface area contributed by atoms with Crippen LogP contribution in [-0.2, 0) is 11.8 Å². The van der Waals surface area contributed by atoms with Crippen LogP contribution < -0.4 is 4.90 Å². The summed E-state index contributed by atoms with van der Waals surface area (Å²) in [5.41, 5.74) is -1.43. The van der Waals surface area contributed by atoms with Gasteiger partial charge in [0.15, 0.2) is 0 Å². The predicted molar refractivity (Wildman–Crippen MR) is 48.5 cm³/mol. The smallest absolute Gasteiger partial charge is 0.260 e. The molecular weight excluding hydrogens is 186 g/mol. The molecule has 0 fully saturated rings. The number of carbonyl (C=O) groups excluding carboxylic acids is 1. The van der Waals surface area contributed by atoms with Crippen LogP contribution in [0, 0.1) is 0 Å². The molecule has 0 aliphatic heterocycles. The Morgan fingerprint density at radius 3 is 2.50 bits per heavy atom. The Labute approximate surface area is 81.3 Å². The Morgan fingerprint density at radius 2 is 2.14 bits per heavy atom. The van der Waals surface area contributed by atoms with Gasteiger partial charge in [-0.1, -0.05) is 5.10 Å². The number of nitrogens with zero attached hydrogens (tertiary/aromatic N) is 5. The Balaban J connectivity index is 2.92. The van der Waals surface area contributed by atoms with E-state index in [0.29, 0.717) is 0 Å². The molecule has 1 heterocycles. The van der Waals surface area contributed by atoms with E-state index in [4.69, 9.17) is 0 Å². The predicted octanol–water partition coefficient (Wildman–Crippen LogP) is -1.06. The second-order valence-electron chi connectivity index (χ2n) is 3.53. The number of amides is 1. The molecule has 0 spiro atoms. The fourth-order valence-electron chi connectivity index (χ4n) is 1.01. The van der Waals surface area contributed by atoms with E-state index in [1.54, 1.807) is 7.05 Å². The largest absolute Gasteiger partial charge is 0.381 e. The molecule has 1 N–H and O–H groups in total. The summed E-state index contributed by atoms with van der Waals surface area (Å²) in [6.45, 7) is 2.82. The maximum Gasteiger partial charge on any atom is 0.260 e. The normalized spacial score (nSPS) is 11.5. The third-order valence-electron chi connectivity index (χ3n) is 1.73. The third-order valence-corrected chi connectivity index (χ3v) is 1.73. The molecule has 0 atom stereocenters. The van der Waals surface area contributed by atoms with E-state index in [1.165, 1.54) is 30.5 Å². The maximum absolute atomic E-state index is 11.6. The minimum absolute atomic E-state index is 0.289. The molecule has 0 saturated carbocycles. The van der Waals surface area contributed by atoms with Crippen molar-refractivity contribution < 1.29 is 9.90 Å². The molecule has 1 amide bonds. The van der Waals surface area contributed by atoms with Crippen LogP contribution in [0.3, 0.4) is 0 Å². The first-order valence-electron chi connectivity index (χ1n) is 4.07. The molecule has 1 aromatic rings. The van der Waals surface area contributed by atoms with Crippen LogP contribution in [0.5, 0.6) is 0 Å². The number of carbonyl (C=O) groups is 1. The second kappa shape index (κ2) is 3.33. The summed E-state index contributed by atoms with van der Waals surface area (Å²) in [4.78, 5) is 12.8. The second-order valence-corrected chi connectivity index (χ2v) is 3.53. The number of aryl methyl sites for hydroxylation is 1. The minimum Gasteiger partial charge on any atom is -0.381 e. The van der Waals surface area contributed by atoms with Crippen molar-refractivity contribution in [3.8, 4) is 0 Å². The van der Waals surface area contributed by atoms with Gasteiger partial charge in [-0.2, -0.15) is 0 Å². The van der Waals surface area contributed by atoms with Gasteiger partial charge in [0, 0.05) is 14.1 Å². The standard InChI is InChI=1S/C7H13N5O2/c1-7(2,14)5(13)11(3)6-8-9-10-12(6)4/h14H,1-4H3. The van der Waals surface area contributed by atoms with Gasteiger partial charge in [0.2, 0.25) is 0 Å². The van der Waals surface area contributed by atoms with E-state index in [-0.39, 0.29) is 5.95 Å². The Hall–Kier alpha value is -1.50. The van der Waals surface area contributed by atoms with Gasteiger partial charge in [-0.15, -0.1) is 0 Å². The molecule has 0 bridgehead atoms. The van der Waals surface area contributed by atoms with Crippen molar-refractivity contribution in [3.63, 3.8) is 0 Å². The van der Waals surface area contributed by atoms with Crippen LogP contribution in [0.2, 0.25) is 0 Å².